The maximum Gasteiger partial charge on any atom is 0.132 e. The Balaban J connectivity index is 2.02. The quantitative estimate of drug-likeness (QED) is 0.283. The molecule has 0 saturated carbocycles. The molecular formula is C22H33Cl2N3O. The summed E-state index contributed by atoms with van der Waals surface area (Å²) in [6.07, 6.45) is 6.76. The fourth-order valence-corrected chi connectivity index (χ4v) is 4.03. The van der Waals surface area contributed by atoms with Crippen molar-refractivity contribution < 1.29 is 4.79 Å². The minimum absolute atomic E-state index is 0.376. The van der Waals surface area contributed by atoms with Gasteiger partial charge in [-0.25, -0.2) is 4.98 Å². The molecule has 1 aromatic carbocycles. The maximum absolute atomic E-state index is 11.4. The smallest absolute Gasteiger partial charge is 0.132 e. The Bertz CT molecular complexity index is 739. The van der Waals surface area contributed by atoms with Gasteiger partial charge in [-0.1, -0.05) is 19.8 Å². The molecule has 0 atom stereocenters. The molecule has 0 aliphatic rings. The molecule has 2 aromatic rings. The lowest BCUT2D eigenvalue weighted by Crippen LogP contribution is -2.27. The minimum Gasteiger partial charge on any atom is -0.369 e. The Morgan fingerprint density at radius 2 is 1.79 bits per heavy atom. The molecule has 0 amide bonds. The van der Waals surface area contributed by atoms with Crippen LogP contribution in [0.25, 0.3) is 11.0 Å². The molecule has 28 heavy (non-hydrogen) atoms. The van der Waals surface area contributed by atoms with E-state index in [1.165, 1.54) is 5.52 Å². The first kappa shape index (κ1) is 23.0. The van der Waals surface area contributed by atoms with Crippen molar-refractivity contribution in [2.45, 2.75) is 65.3 Å². The molecule has 2 rings (SSSR count). The van der Waals surface area contributed by atoms with E-state index < -0.39 is 0 Å². The lowest BCUT2D eigenvalue weighted by atomic mass is 10.1. The summed E-state index contributed by atoms with van der Waals surface area (Å²) in [6, 6.07) is 6.46. The summed E-state index contributed by atoms with van der Waals surface area (Å²) in [4.78, 5) is 18.5. The predicted octanol–water partition coefficient (Wildman–Crippen LogP) is 5.81. The first-order chi connectivity index (χ1) is 13.6. The van der Waals surface area contributed by atoms with E-state index in [1.54, 1.807) is 0 Å². The van der Waals surface area contributed by atoms with Gasteiger partial charge in [-0.2, -0.15) is 0 Å². The molecule has 0 aliphatic heterocycles. The van der Waals surface area contributed by atoms with Crippen molar-refractivity contribution in [3.05, 3.63) is 24.0 Å². The van der Waals surface area contributed by atoms with Gasteiger partial charge in [-0.15, -0.1) is 23.2 Å². The van der Waals surface area contributed by atoms with Gasteiger partial charge in [0, 0.05) is 56.3 Å². The van der Waals surface area contributed by atoms with Crippen molar-refractivity contribution in [3.8, 4) is 0 Å². The van der Waals surface area contributed by atoms with Crippen LogP contribution >= 0.6 is 23.2 Å². The molecule has 156 valence electrons. The molecule has 0 aliphatic carbocycles. The number of imidazole rings is 1. The summed E-state index contributed by atoms with van der Waals surface area (Å²) >= 11 is 11.9. The van der Waals surface area contributed by atoms with Crippen LogP contribution in [0.1, 0.15) is 58.2 Å². The van der Waals surface area contributed by atoms with E-state index in [-0.39, 0.29) is 0 Å². The first-order valence-electron chi connectivity index (χ1n) is 10.5. The number of unbranched alkanes of at least 4 members (excludes halogenated alkanes) is 3. The molecule has 1 aromatic heterocycles. The Morgan fingerprint density at radius 3 is 2.43 bits per heavy atom. The monoisotopic (exact) mass is 425 g/mol. The molecule has 4 nitrogen and oxygen atoms in total. The zero-order chi connectivity index (χ0) is 20.4. The molecular weight excluding hydrogens is 393 g/mol. The molecule has 0 N–H and O–H groups in total. The second-order valence-corrected chi connectivity index (χ2v) is 7.87. The van der Waals surface area contributed by atoms with Gasteiger partial charge in [-0.05, 0) is 38.0 Å². The van der Waals surface area contributed by atoms with Gasteiger partial charge in [-0.3, -0.25) is 4.79 Å². The molecule has 0 bridgehead atoms. The summed E-state index contributed by atoms with van der Waals surface area (Å²) in [7, 11) is 0. The number of anilines is 1. The number of hydrogen-bond acceptors (Lipinski definition) is 3. The molecule has 0 saturated heterocycles. The third-order valence-electron chi connectivity index (χ3n) is 5.20. The second kappa shape index (κ2) is 12.3. The highest BCUT2D eigenvalue weighted by molar-refractivity contribution is 6.18. The Morgan fingerprint density at radius 1 is 1.07 bits per heavy atom. The van der Waals surface area contributed by atoms with Crippen molar-refractivity contribution in [2.24, 2.45) is 0 Å². The van der Waals surface area contributed by atoms with Gasteiger partial charge >= 0.3 is 0 Å². The van der Waals surface area contributed by atoms with E-state index >= 15 is 0 Å². The Hall–Kier alpha value is -1.26. The first-order valence-corrected chi connectivity index (χ1v) is 11.6. The summed E-state index contributed by atoms with van der Waals surface area (Å²) in [5, 5.41) is 0. The third kappa shape index (κ3) is 6.38. The highest BCUT2D eigenvalue weighted by Gasteiger charge is 2.12. The topological polar surface area (TPSA) is 38.1 Å². The van der Waals surface area contributed by atoms with Crippen molar-refractivity contribution in [1.29, 1.82) is 0 Å². The van der Waals surface area contributed by atoms with Crippen LogP contribution in [-0.4, -0.2) is 40.2 Å². The van der Waals surface area contributed by atoms with Gasteiger partial charge in [0.2, 0.25) is 0 Å². The van der Waals surface area contributed by atoms with Gasteiger partial charge in [0.1, 0.15) is 11.6 Å². The van der Waals surface area contributed by atoms with Gasteiger partial charge in [0.25, 0.3) is 0 Å². The zero-order valence-electron chi connectivity index (χ0n) is 17.2. The van der Waals surface area contributed by atoms with Gasteiger partial charge < -0.3 is 9.47 Å². The van der Waals surface area contributed by atoms with Crippen molar-refractivity contribution >= 4 is 45.7 Å². The normalized spacial score (nSPS) is 11.3. The SMILES string of the molecule is CCC(=O)CCCCCCc1nc2cc(N(CCCl)CCCl)ccc2n1CC. The van der Waals surface area contributed by atoms with Gasteiger partial charge in [0.15, 0.2) is 0 Å². The van der Waals surface area contributed by atoms with E-state index in [4.69, 9.17) is 28.2 Å². The average Bonchev–Trinajstić information content (AvgIpc) is 3.06. The number of carbonyl (C=O) groups excluding carboxylic acids is 1. The number of halogens is 2. The van der Waals surface area contributed by atoms with E-state index in [0.717, 1.165) is 75.2 Å². The number of Topliss-reactive ketones (excluding diaryl/α,β-unsaturated/α-hetero) is 1. The van der Waals surface area contributed by atoms with Crippen LogP contribution in [0.15, 0.2) is 18.2 Å². The van der Waals surface area contributed by atoms with Gasteiger partial charge in [0.05, 0.1) is 11.0 Å². The summed E-state index contributed by atoms with van der Waals surface area (Å²) in [5.41, 5.74) is 3.35. The van der Waals surface area contributed by atoms with Crippen molar-refractivity contribution in [1.82, 2.24) is 9.55 Å². The molecule has 0 radical (unpaired) electrons. The fraction of sp³-hybridized carbons (Fsp3) is 0.636. The third-order valence-corrected chi connectivity index (χ3v) is 5.54. The van der Waals surface area contributed by atoms with E-state index in [9.17, 15) is 4.79 Å². The number of hydrogen-bond donors (Lipinski definition) is 0. The van der Waals surface area contributed by atoms with Crippen LogP contribution in [-0.2, 0) is 17.8 Å². The standard InChI is InChI=1S/C22H33Cl2N3O/c1-3-19(28)9-7-5-6-8-10-22-25-20-17-18(26(15-13-23)16-14-24)11-12-21(20)27(22)4-2/h11-12,17H,3-10,13-16H2,1-2H3. The lowest BCUT2D eigenvalue weighted by Gasteiger charge is -2.22. The number of nitrogens with zero attached hydrogens (tertiary/aromatic N) is 3. The van der Waals surface area contributed by atoms with E-state index in [2.05, 4.69) is 34.6 Å². The zero-order valence-corrected chi connectivity index (χ0v) is 18.7. The number of alkyl halides is 2. The van der Waals surface area contributed by atoms with Crippen molar-refractivity contribution in [3.63, 3.8) is 0 Å². The molecule has 6 heteroatoms. The summed E-state index contributed by atoms with van der Waals surface area (Å²) < 4.78 is 2.31. The number of ketones is 1. The van der Waals surface area contributed by atoms with Crippen molar-refractivity contribution in [2.75, 3.05) is 29.7 Å². The number of rotatable bonds is 14. The fourth-order valence-electron chi connectivity index (χ4n) is 3.62. The van der Waals surface area contributed by atoms with E-state index in [0.29, 0.717) is 24.0 Å². The highest BCUT2D eigenvalue weighted by atomic mass is 35.5. The highest BCUT2D eigenvalue weighted by Crippen LogP contribution is 2.24. The largest absolute Gasteiger partial charge is 0.369 e. The molecule has 0 fully saturated rings. The van der Waals surface area contributed by atoms with Crippen LogP contribution in [0.5, 0.6) is 0 Å². The Kier molecular flexibility index (Phi) is 10.1. The van der Waals surface area contributed by atoms with Crippen LogP contribution in [0, 0.1) is 0 Å². The molecule has 1 heterocycles. The summed E-state index contributed by atoms with van der Waals surface area (Å²) in [5.74, 6) is 2.68. The van der Waals surface area contributed by atoms with Crippen LogP contribution in [0.4, 0.5) is 5.69 Å². The number of aryl methyl sites for hydroxylation is 2. The number of carbonyl (C=O) groups is 1. The number of benzene rings is 1. The maximum atomic E-state index is 11.4. The summed E-state index contributed by atoms with van der Waals surface area (Å²) in [6.45, 7) is 6.59. The lowest BCUT2D eigenvalue weighted by molar-refractivity contribution is -0.118. The second-order valence-electron chi connectivity index (χ2n) is 7.12. The Labute approximate surface area is 179 Å². The molecule has 0 spiro atoms. The number of fused-ring (bicyclic) bond motifs is 1. The number of aromatic nitrogens is 2. The predicted molar refractivity (Wildman–Crippen MR) is 121 cm³/mol. The van der Waals surface area contributed by atoms with Crippen LogP contribution < -0.4 is 4.90 Å². The van der Waals surface area contributed by atoms with E-state index in [1.807, 2.05) is 6.92 Å². The minimum atomic E-state index is 0.376. The van der Waals surface area contributed by atoms with Crippen LogP contribution in [0.3, 0.4) is 0 Å². The van der Waals surface area contributed by atoms with Crippen LogP contribution in [0.2, 0.25) is 0 Å². The molecule has 0 unspecified atom stereocenters. The average molecular weight is 426 g/mol.